The van der Waals surface area contributed by atoms with Crippen LogP contribution in [0.25, 0.3) is 0 Å². The van der Waals surface area contributed by atoms with Gasteiger partial charge in [0.25, 0.3) is 0 Å². The zero-order chi connectivity index (χ0) is 12.8. The lowest BCUT2D eigenvalue weighted by molar-refractivity contribution is -0.131. The molecule has 1 fully saturated rings. The van der Waals surface area contributed by atoms with Gasteiger partial charge in [-0.2, -0.15) is 0 Å². The van der Waals surface area contributed by atoms with Crippen LogP contribution in [0.3, 0.4) is 0 Å². The molecule has 0 aromatic carbocycles. The third kappa shape index (κ3) is 4.19. The highest BCUT2D eigenvalue weighted by Crippen LogP contribution is 2.15. The van der Waals surface area contributed by atoms with Gasteiger partial charge in [0, 0.05) is 38.4 Å². The molecule has 1 atom stereocenters. The molecule has 0 radical (unpaired) electrons. The molecule has 1 unspecified atom stereocenters. The quantitative estimate of drug-likeness (QED) is 0.848. The smallest absolute Gasteiger partial charge is 0.224 e. The largest absolute Gasteiger partial charge is 0.364 e. The molecule has 5 heteroatoms. The number of amidine groups is 1. The van der Waals surface area contributed by atoms with Crippen molar-refractivity contribution >= 4 is 22.8 Å². The number of nitrogens with zero attached hydrogens (tertiary/aromatic N) is 2. The standard InChI is InChI=1S/C13H23N3OS/c1-11-9-15-13(18-10-11)14-6-5-12(17)16-7-3-2-4-8-16/h11H,2-10H2,1H3,(H,14,15). The van der Waals surface area contributed by atoms with Crippen LogP contribution < -0.4 is 5.32 Å². The minimum absolute atomic E-state index is 0.289. The van der Waals surface area contributed by atoms with Gasteiger partial charge in [-0.15, -0.1) is 0 Å². The maximum Gasteiger partial charge on any atom is 0.224 e. The van der Waals surface area contributed by atoms with E-state index in [-0.39, 0.29) is 5.91 Å². The summed E-state index contributed by atoms with van der Waals surface area (Å²) >= 11 is 1.77. The summed E-state index contributed by atoms with van der Waals surface area (Å²) in [6.07, 6.45) is 4.20. The van der Waals surface area contributed by atoms with Crippen molar-refractivity contribution in [1.82, 2.24) is 10.2 Å². The van der Waals surface area contributed by atoms with Crippen molar-refractivity contribution < 1.29 is 4.79 Å². The molecule has 2 heterocycles. The van der Waals surface area contributed by atoms with Crippen LogP contribution in [-0.4, -0.2) is 47.9 Å². The molecule has 18 heavy (non-hydrogen) atoms. The summed E-state index contributed by atoms with van der Waals surface area (Å²) in [6, 6.07) is 0. The van der Waals surface area contributed by atoms with Crippen LogP contribution in [-0.2, 0) is 4.79 Å². The molecule has 2 aliphatic heterocycles. The normalized spacial score (nSPS) is 24.6. The summed E-state index contributed by atoms with van der Waals surface area (Å²) in [5.41, 5.74) is 0. The van der Waals surface area contributed by atoms with E-state index in [2.05, 4.69) is 17.2 Å². The molecule has 102 valence electrons. The average molecular weight is 269 g/mol. The van der Waals surface area contributed by atoms with Gasteiger partial charge in [-0.05, 0) is 25.2 Å². The zero-order valence-electron chi connectivity index (χ0n) is 11.2. The first-order valence-electron chi connectivity index (χ1n) is 6.94. The Morgan fingerprint density at radius 3 is 2.89 bits per heavy atom. The van der Waals surface area contributed by atoms with E-state index >= 15 is 0 Å². The number of amides is 1. The maximum absolute atomic E-state index is 11.9. The fourth-order valence-corrected chi connectivity index (χ4v) is 3.16. The van der Waals surface area contributed by atoms with Gasteiger partial charge in [0.2, 0.25) is 5.91 Å². The highest BCUT2D eigenvalue weighted by molar-refractivity contribution is 8.13. The van der Waals surface area contributed by atoms with Gasteiger partial charge in [0.15, 0.2) is 5.17 Å². The van der Waals surface area contributed by atoms with Gasteiger partial charge in [-0.1, -0.05) is 18.7 Å². The van der Waals surface area contributed by atoms with Gasteiger partial charge in [-0.25, -0.2) is 0 Å². The highest BCUT2D eigenvalue weighted by atomic mass is 32.2. The number of carbonyl (C=O) groups is 1. The van der Waals surface area contributed by atoms with Gasteiger partial charge in [-0.3, -0.25) is 9.79 Å². The number of likely N-dealkylation sites (tertiary alicyclic amines) is 1. The molecule has 0 aromatic rings. The Hall–Kier alpha value is -0.710. The fraction of sp³-hybridized carbons (Fsp3) is 0.846. The van der Waals surface area contributed by atoms with Crippen molar-refractivity contribution in [3.63, 3.8) is 0 Å². The number of nitrogens with one attached hydrogen (secondary N) is 1. The first-order chi connectivity index (χ1) is 8.75. The minimum Gasteiger partial charge on any atom is -0.364 e. The van der Waals surface area contributed by atoms with Gasteiger partial charge >= 0.3 is 0 Å². The Morgan fingerprint density at radius 2 is 2.22 bits per heavy atom. The van der Waals surface area contributed by atoms with Crippen molar-refractivity contribution in [2.75, 3.05) is 31.9 Å². The maximum atomic E-state index is 11.9. The molecule has 1 amide bonds. The van der Waals surface area contributed by atoms with Crippen LogP contribution in [0.5, 0.6) is 0 Å². The lowest BCUT2D eigenvalue weighted by Crippen LogP contribution is -2.37. The first kappa shape index (κ1) is 13.7. The van der Waals surface area contributed by atoms with Gasteiger partial charge in [0.05, 0.1) is 0 Å². The van der Waals surface area contributed by atoms with E-state index in [1.54, 1.807) is 11.8 Å². The Balaban J connectivity index is 1.64. The van der Waals surface area contributed by atoms with E-state index in [9.17, 15) is 4.79 Å². The number of thioether (sulfide) groups is 1. The van der Waals surface area contributed by atoms with E-state index in [4.69, 9.17) is 0 Å². The number of rotatable bonds is 3. The monoisotopic (exact) mass is 269 g/mol. The molecule has 0 spiro atoms. The van der Waals surface area contributed by atoms with Crippen molar-refractivity contribution in [1.29, 1.82) is 0 Å². The predicted molar refractivity (Wildman–Crippen MR) is 77.0 cm³/mol. The van der Waals surface area contributed by atoms with Crippen molar-refractivity contribution in [2.45, 2.75) is 32.6 Å². The second-order valence-electron chi connectivity index (χ2n) is 5.18. The molecule has 0 aliphatic carbocycles. The Labute approximate surface area is 114 Å². The van der Waals surface area contributed by atoms with E-state index in [1.165, 1.54) is 19.3 Å². The molecule has 1 N–H and O–H groups in total. The molecular formula is C13H23N3OS. The number of hydrogen-bond acceptors (Lipinski definition) is 4. The molecule has 2 rings (SSSR count). The van der Waals surface area contributed by atoms with Crippen LogP contribution in [0.15, 0.2) is 4.99 Å². The summed E-state index contributed by atoms with van der Waals surface area (Å²) in [4.78, 5) is 18.4. The number of piperidine rings is 1. The topological polar surface area (TPSA) is 44.7 Å². The van der Waals surface area contributed by atoms with Gasteiger partial charge < -0.3 is 10.2 Å². The summed E-state index contributed by atoms with van der Waals surface area (Å²) in [6.45, 7) is 5.75. The number of aliphatic imine (C=N–C) groups is 1. The average Bonchev–Trinajstić information content (AvgIpc) is 2.42. The second-order valence-corrected chi connectivity index (χ2v) is 6.19. The number of carbonyl (C=O) groups excluding carboxylic acids is 1. The molecule has 0 saturated carbocycles. The Morgan fingerprint density at radius 1 is 1.44 bits per heavy atom. The molecule has 2 aliphatic rings. The molecule has 4 nitrogen and oxygen atoms in total. The van der Waals surface area contributed by atoms with Crippen molar-refractivity contribution in [3.05, 3.63) is 0 Å². The summed E-state index contributed by atoms with van der Waals surface area (Å²) in [5.74, 6) is 2.10. The number of hydrogen-bond donors (Lipinski definition) is 1. The van der Waals surface area contributed by atoms with Crippen molar-refractivity contribution in [2.24, 2.45) is 10.9 Å². The van der Waals surface area contributed by atoms with Gasteiger partial charge in [0.1, 0.15) is 0 Å². The van der Waals surface area contributed by atoms with Crippen LogP contribution in [0.2, 0.25) is 0 Å². The summed E-state index contributed by atoms with van der Waals surface area (Å²) in [5, 5.41) is 4.29. The van der Waals surface area contributed by atoms with E-state index in [0.29, 0.717) is 12.3 Å². The SMILES string of the molecule is CC1CN=C(NCCC(=O)N2CCCCC2)SC1. The van der Waals surface area contributed by atoms with Crippen molar-refractivity contribution in [3.8, 4) is 0 Å². The first-order valence-corrected chi connectivity index (χ1v) is 7.93. The molecule has 0 bridgehead atoms. The lowest BCUT2D eigenvalue weighted by Gasteiger charge is -2.27. The van der Waals surface area contributed by atoms with Crippen LogP contribution in [0, 0.1) is 5.92 Å². The molecule has 0 aromatic heterocycles. The Bertz CT molecular complexity index is 313. The summed E-state index contributed by atoms with van der Waals surface area (Å²) in [7, 11) is 0. The van der Waals surface area contributed by atoms with E-state index < -0.39 is 0 Å². The second kappa shape index (κ2) is 7.02. The van der Waals surface area contributed by atoms with E-state index in [0.717, 1.165) is 37.1 Å². The highest BCUT2D eigenvalue weighted by Gasteiger charge is 2.16. The minimum atomic E-state index is 0.289. The third-order valence-corrected chi connectivity index (χ3v) is 4.66. The zero-order valence-corrected chi connectivity index (χ0v) is 12.0. The van der Waals surface area contributed by atoms with Crippen LogP contribution in [0.1, 0.15) is 32.6 Å². The van der Waals surface area contributed by atoms with Crippen LogP contribution in [0.4, 0.5) is 0 Å². The van der Waals surface area contributed by atoms with E-state index in [1.807, 2.05) is 4.90 Å². The summed E-state index contributed by atoms with van der Waals surface area (Å²) < 4.78 is 0. The molecular weight excluding hydrogens is 246 g/mol. The third-order valence-electron chi connectivity index (χ3n) is 3.37. The Kier molecular flexibility index (Phi) is 5.35. The van der Waals surface area contributed by atoms with Crippen LogP contribution >= 0.6 is 11.8 Å². The fourth-order valence-electron chi connectivity index (χ4n) is 2.24. The lowest BCUT2D eigenvalue weighted by atomic mass is 10.1. The molecule has 1 saturated heterocycles. The predicted octanol–water partition coefficient (Wildman–Crippen LogP) is 1.72.